The van der Waals surface area contributed by atoms with Crippen LogP contribution in [-0.4, -0.2) is 26.0 Å². The summed E-state index contributed by atoms with van der Waals surface area (Å²) in [5, 5.41) is 7.99. The predicted octanol–water partition coefficient (Wildman–Crippen LogP) is 4.30. The molecule has 124 valence electrons. The standard InChI is InChI=1S/C8H12F2N2.C8H14N2/c1-6(2)7-3-11-12(4-7)5-8(9)10;1-4-10-6-8(5-9-10)7(2)3/h3-4,6,8H,5H2,1-2H3;5-7H,4H2,1-3H3. The van der Waals surface area contributed by atoms with Crippen molar-refractivity contribution in [1.82, 2.24) is 19.6 Å². The molecule has 0 fully saturated rings. The van der Waals surface area contributed by atoms with E-state index in [9.17, 15) is 8.78 Å². The summed E-state index contributed by atoms with van der Waals surface area (Å²) in [6.07, 6.45) is 5.01. The van der Waals surface area contributed by atoms with Crippen molar-refractivity contribution in [3.8, 4) is 0 Å². The Bertz CT molecular complexity index is 544. The summed E-state index contributed by atoms with van der Waals surface area (Å²) in [5.74, 6) is 0.941. The Balaban J connectivity index is 0.000000224. The van der Waals surface area contributed by atoms with Gasteiger partial charge in [-0.3, -0.25) is 9.36 Å². The third kappa shape index (κ3) is 5.95. The molecule has 2 aromatic heterocycles. The second-order valence-electron chi connectivity index (χ2n) is 5.83. The van der Waals surface area contributed by atoms with Crippen molar-refractivity contribution in [3.63, 3.8) is 0 Å². The lowest BCUT2D eigenvalue weighted by atomic mass is 10.1. The fourth-order valence-corrected chi connectivity index (χ4v) is 1.77. The molecular formula is C16H26F2N4. The molecule has 0 atom stereocenters. The number of alkyl halides is 2. The van der Waals surface area contributed by atoms with Crippen molar-refractivity contribution in [2.24, 2.45) is 0 Å². The number of aryl methyl sites for hydroxylation is 1. The third-order valence-electron chi connectivity index (χ3n) is 3.29. The van der Waals surface area contributed by atoms with Gasteiger partial charge in [0.2, 0.25) is 0 Å². The number of rotatable bonds is 5. The summed E-state index contributed by atoms with van der Waals surface area (Å²) in [7, 11) is 0. The van der Waals surface area contributed by atoms with E-state index in [1.54, 1.807) is 12.4 Å². The highest BCUT2D eigenvalue weighted by Gasteiger charge is 2.07. The molecule has 0 saturated carbocycles. The molecule has 0 amide bonds. The number of aromatic nitrogens is 4. The minimum absolute atomic E-state index is 0.313. The van der Waals surface area contributed by atoms with Crippen molar-refractivity contribution in [2.75, 3.05) is 0 Å². The molecule has 0 aliphatic rings. The van der Waals surface area contributed by atoms with Gasteiger partial charge < -0.3 is 0 Å². The fraction of sp³-hybridized carbons (Fsp3) is 0.625. The first-order valence-electron chi connectivity index (χ1n) is 7.66. The van der Waals surface area contributed by atoms with Gasteiger partial charge in [0, 0.05) is 18.9 Å². The van der Waals surface area contributed by atoms with Crippen molar-refractivity contribution in [1.29, 1.82) is 0 Å². The molecule has 2 heterocycles. The molecule has 2 aromatic rings. The Kier molecular flexibility index (Phi) is 7.21. The summed E-state index contributed by atoms with van der Waals surface area (Å²) >= 11 is 0. The molecule has 6 heteroatoms. The smallest absolute Gasteiger partial charge is 0.257 e. The summed E-state index contributed by atoms with van der Waals surface area (Å²) in [5.41, 5.74) is 2.32. The van der Waals surface area contributed by atoms with E-state index in [0.29, 0.717) is 11.8 Å². The van der Waals surface area contributed by atoms with Crippen LogP contribution in [0.4, 0.5) is 8.78 Å². The molecule has 0 aliphatic heterocycles. The zero-order chi connectivity index (χ0) is 16.7. The largest absolute Gasteiger partial charge is 0.273 e. The highest BCUT2D eigenvalue weighted by atomic mass is 19.3. The molecular weight excluding hydrogens is 286 g/mol. The maximum absolute atomic E-state index is 11.9. The van der Waals surface area contributed by atoms with Gasteiger partial charge >= 0.3 is 0 Å². The van der Waals surface area contributed by atoms with Crippen molar-refractivity contribution in [3.05, 3.63) is 35.9 Å². The van der Waals surface area contributed by atoms with E-state index >= 15 is 0 Å². The lowest BCUT2D eigenvalue weighted by Gasteiger charge is -1.99. The van der Waals surface area contributed by atoms with Gasteiger partial charge in [-0.1, -0.05) is 27.7 Å². The molecule has 0 unspecified atom stereocenters. The minimum Gasteiger partial charge on any atom is -0.273 e. The number of halogens is 2. The molecule has 2 rings (SSSR count). The lowest BCUT2D eigenvalue weighted by molar-refractivity contribution is 0.122. The van der Waals surface area contributed by atoms with Gasteiger partial charge in [0.1, 0.15) is 6.54 Å². The molecule has 0 bridgehead atoms. The highest BCUT2D eigenvalue weighted by Crippen LogP contribution is 2.13. The quantitative estimate of drug-likeness (QED) is 0.825. The summed E-state index contributed by atoms with van der Waals surface area (Å²) in [4.78, 5) is 0. The van der Waals surface area contributed by atoms with Crippen LogP contribution < -0.4 is 0 Å². The SMILES string of the molecule is CC(C)c1cnn(CC(F)F)c1.CCn1cc(C(C)C)cn1. The van der Waals surface area contributed by atoms with E-state index in [4.69, 9.17) is 0 Å². The van der Waals surface area contributed by atoms with Crippen LogP contribution in [0.25, 0.3) is 0 Å². The van der Waals surface area contributed by atoms with Crippen LogP contribution in [0.15, 0.2) is 24.8 Å². The first-order valence-corrected chi connectivity index (χ1v) is 7.66. The summed E-state index contributed by atoms with van der Waals surface area (Å²) in [6.45, 7) is 11.1. The van der Waals surface area contributed by atoms with Crippen molar-refractivity contribution < 1.29 is 8.78 Å². The maximum Gasteiger partial charge on any atom is 0.257 e. The molecule has 0 aliphatic carbocycles. The minimum atomic E-state index is -2.33. The van der Waals surface area contributed by atoms with Crippen LogP contribution in [0.2, 0.25) is 0 Å². The first-order chi connectivity index (χ1) is 10.3. The molecule has 0 radical (unpaired) electrons. The van der Waals surface area contributed by atoms with Crippen LogP contribution in [-0.2, 0) is 13.1 Å². The zero-order valence-corrected chi connectivity index (χ0v) is 14.0. The number of hydrogen-bond acceptors (Lipinski definition) is 2. The van der Waals surface area contributed by atoms with Crippen LogP contribution in [0.5, 0.6) is 0 Å². The lowest BCUT2D eigenvalue weighted by Crippen LogP contribution is -2.06. The second kappa shape index (κ2) is 8.66. The molecule has 0 aromatic carbocycles. The Morgan fingerprint density at radius 3 is 1.68 bits per heavy atom. The van der Waals surface area contributed by atoms with E-state index in [-0.39, 0.29) is 6.54 Å². The normalized spacial score (nSPS) is 11.2. The van der Waals surface area contributed by atoms with Crippen LogP contribution >= 0.6 is 0 Å². The second-order valence-corrected chi connectivity index (χ2v) is 5.83. The average molecular weight is 312 g/mol. The third-order valence-corrected chi connectivity index (χ3v) is 3.29. The Morgan fingerprint density at radius 2 is 1.36 bits per heavy atom. The summed E-state index contributed by atoms with van der Waals surface area (Å²) in [6, 6.07) is 0. The van der Waals surface area contributed by atoms with Gasteiger partial charge in [0.05, 0.1) is 12.4 Å². The molecule has 22 heavy (non-hydrogen) atoms. The van der Waals surface area contributed by atoms with E-state index in [1.807, 2.05) is 24.7 Å². The van der Waals surface area contributed by atoms with Crippen molar-refractivity contribution in [2.45, 2.75) is 66.0 Å². The monoisotopic (exact) mass is 312 g/mol. The first kappa shape index (κ1) is 18.3. The molecule has 0 N–H and O–H groups in total. The number of hydrogen-bond donors (Lipinski definition) is 0. The van der Waals surface area contributed by atoms with E-state index in [2.05, 4.69) is 37.2 Å². The maximum atomic E-state index is 11.9. The molecule has 0 spiro atoms. The Morgan fingerprint density at radius 1 is 0.909 bits per heavy atom. The van der Waals surface area contributed by atoms with Gasteiger partial charge in [0.15, 0.2) is 0 Å². The van der Waals surface area contributed by atoms with Gasteiger partial charge in [-0.05, 0) is 29.9 Å². The summed E-state index contributed by atoms with van der Waals surface area (Å²) < 4.78 is 27.0. The van der Waals surface area contributed by atoms with Crippen molar-refractivity contribution >= 4 is 0 Å². The Labute approximate surface area is 131 Å². The highest BCUT2D eigenvalue weighted by molar-refractivity contribution is 5.09. The van der Waals surface area contributed by atoms with Gasteiger partial charge in [0.25, 0.3) is 6.43 Å². The predicted molar refractivity (Wildman–Crippen MR) is 84.3 cm³/mol. The van der Waals surface area contributed by atoms with Crippen LogP contribution in [0.3, 0.4) is 0 Å². The van der Waals surface area contributed by atoms with E-state index in [0.717, 1.165) is 12.1 Å². The van der Waals surface area contributed by atoms with Crippen LogP contribution in [0, 0.1) is 0 Å². The molecule has 4 nitrogen and oxygen atoms in total. The van der Waals surface area contributed by atoms with Crippen LogP contribution in [0.1, 0.15) is 57.6 Å². The zero-order valence-electron chi connectivity index (χ0n) is 14.0. The van der Waals surface area contributed by atoms with E-state index in [1.165, 1.54) is 10.2 Å². The van der Waals surface area contributed by atoms with Gasteiger partial charge in [-0.25, -0.2) is 8.78 Å². The molecule has 0 saturated heterocycles. The topological polar surface area (TPSA) is 35.6 Å². The fourth-order valence-electron chi connectivity index (χ4n) is 1.77. The van der Waals surface area contributed by atoms with Gasteiger partial charge in [-0.15, -0.1) is 0 Å². The Hall–Kier alpha value is -1.72. The number of nitrogens with zero attached hydrogens (tertiary/aromatic N) is 4. The van der Waals surface area contributed by atoms with E-state index < -0.39 is 6.43 Å². The average Bonchev–Trinajstić information content (AvgIpc) is 3.06. The van der Waals surface area contributed by atoms with Gasteiger partial charge in [-0.2, -0.15) is 10.2 Å².